The predicted molar refractivity (Wildman–Crippen MR) is 83.7 cm³/mol. The van der Waals surface area contributed by atoms with Crippen molar-refractivity contribution in [1.29, 1.82) is 0 Å². The SMILES string of the molecule is C=CCSc1nc2c(N)ncnc2n1[C@@H]1O[C@H](CO)[C@@H](O)[C@H]1O. The number of aliphatic hydroxyl groups excluding tert-OH is 3. The van der Waals surface area contributed by atoms with E-state index in [2.05, 4.69) is 21.5 Å². The first-order valence-electron chi connectivity index (χ1n) is 6.93. The maximum atomic E-state index is 10.3. The van der Waals surface area contributed by atoms with Gasteiger partial charge in [0.1, 0.15) is 24.6 Å². The molecule has 1 fully saturated rings. The van der Waals surface area contributed by atoms with E-state index in [0.717, 1.165) is 0 Å². The van der Waals surface area contributed by atoms with Gasteiger partial charge >= 0.3 is 0 Å². The lowest BCUT2D eigenvalue weighted by Crippen LogP contribution is -2.33. The number of hydrogen-bond donors (Lipinski definition) is 4. The largest absolute Gasteiger partial charge is 0.394 e. The summed E-state index contributed by atoms with van der Waals surface area (Å²) in [5.41, 5.74) is 6.61. The summed E-state index contributed by atoms with van der Waals surface area (Å²) >= 11 is 1.36. The molecule has 0 amide bonds. The van der Waals surface area contributed by atoms with Gasteiger partial charge in [0.2, 0.25) is 0 Å². The summed E-state index contributed by atoms with van der Waals surface area (Å²) in [6.07, 6.45) is -1.26. The molecule has 0 radical (unpaired) electrons. The smallest absolute Gasteiger partial charge is 0.172 e. The highest BCUT2D eigenvalue weighted by Gasteiger charge is 2.45. The molecule has 0 spiro atoms. The van der Waals surface area contributed by atoms with Crippen LogP contribution in [0, 0.1) is 0 Å². The second kappa shape index (κ2) is 6.42. The second-order valence-corrected chi connectivity index (χ2v) is 6.01. The van der Waals surface area contributed by atoms with Crippen LogP contribution >= 0.6 is 11.8 Å². The minimum atomic E-state index is -1.23. The van der Waals surface area contributed by atoms with Crippen LogP contribution < -0.4 is 5.73 Å². The number of thioether (sulfide) groups is 1. The van der Waals surface area contributed by atoms with Crippen molar-refractivity contribution in [3.8, 4) is 0 Å². The molecule has 0 unspecified atom stereocenters. The van der Waals surface area contributed by atoms with Crippen molar-refractivity contribution in [3.05, 3.63) is 19.0 Å². The van der Waals surface area contributed by atoms with Gasteiger partial charge in [0.25, 0.3) is 0 Å². The van der Waals surface area contributed by atoms with Gasteiger partial charge in [-0.1, -0.05) is 17.8 Å². The van der Waals surface area contributed by atoms with Crippen LogP contribution in [0.25, 0.3) is 11.2 Å². The Hall–Kier alpha value is -1.72. The zero-order chi connectivity index (χ0) is 16.6. The topological polar surface area (TPSA) is 140 Å². The molecule has 0 saturated carbocycles. The number of fused-ring (bicyclic) bond motifs is 1. The first-order chi connectivity index (χ1) is 11.1. The molecule has 0 aliphatic carbocycles. The number of nitrogens with two attached hydrogens (primary N) is 1. The Bertz CT molecular complexity index is 724. The van der Waals surface area contributed by atoms with E-state index in [9.17, 15) is 15.3 Å². The third-order valence-electron chi connectivity index (χ3n) is 3.57. The lowest BCUT2D eigenvalue weighted by molar-refractivity contribution is -0.0548. The van der Waals surface area contributed by atoms with Crippen molar-refractivity contribution in [2.24, 2.45) is 0 Å². The van der Waals surface area contributed by atoms with E-state index in [1.54, 1.807) is 10.6 Å². The number of aliphatic hydroxyl groups is 3. The zero-order valence-corrected chi connectivity index (χ0v) is 12.9. The molecule has 4 atom stereocenters. The van der Waals surface area contributed by atoms with Crippen molar-refractivity contribution >= 4 is 28.7 Å². The predicted octanol–water partition coefficient (Wildman–Crippen LogP) is -0.702. The van der Waals surface area contributed by atoms with Gasteiger partial charge in [-0.15, -0.1) is 6.58 Å². The molecule has 5 N–H and O–H groups in total. The standard InChI is InChI=1S/C13H17N5O4S/c1-2-3-23-13-17-7-10(14)15-5-16-11(7)18(13)12-9(21)8(20)6(4-19)22-12/h2,5-6,8-9,12,19-21H,1,3-4H2,(H2,14,15,16)/t6-,8-,9-,12-/m1/s1. The number of rotatable bonds is 5. The highest BCUT2D eigenvalue weighted by atomic mass is 32.2. The molecule has 3 heterocycles. The fraction of sp³-hybridized carbons (Fsp3) is 0.462. The van der Waals surface area contributed by atoms with Gasteiger partial charge in [-0.05, 0) is 0 Å². The highest BCUT2D eigenvalue weighted by molar-refractivity contribution is 7.99. The average molecular weight is 339 g/mol. The Morgan fingerprint density at radius 3 is 2.83 bits per heavy atom. The number of ether oxygens (including phenoxy) is 1. The Labute approximate surface area is 135 Å². The third kappa shape index (κ3) is 2.68. The summed E-state index contributed by atoms with van der Waals surface area (Å²) in [5, 5.41) is 30.0. The van der Waals surface area contributed by atoms with Crippen molar-refractivity contribution in [2.45, 2.75) is 29.7 Å². The first kappa shape index (κ1) is 16.1. The van der Waals surface area contributed by atoms with Crippen molar-refractivity contribution in [1.82, 2.24) is 19.5 Å². The molecule has 0 aromatic carbocycles. The minimum absolute atomic E-state index is 0.209. The van der Waals surface area contributed by atoms with Crippen LogP contribution in [0.5, 0.6) is 0 Å². The van der Waals surface area contributed by atoms with Crippen molar-refractivity contribution in [2.75, 3.05) is 18.1 Å². The second-order valence-electron chi connectivity index (χ2n) is 5.02. The van der Waals surface area contributed by atoms with Crippen LogP contribution in [0.3, 0.4) is 0 Å². The van der Waals surface area contributed by atoms with E-state index in [1.165, 1.54) is 18.1 Å². The number of nitrogen functional groups attached to an aromatic ring is 1. The van der Waals surface area contributed by atoms with E-state index in [4.69, 9.17) is 10.5 Å². The van der Waals surface area contributed by atoms with Crippen molar-refractivity contribution < 1.29 is 20.1 Å². The van der Waals surface area contributed by atoms with E-state index in [0.29, 0.717) is 22.1 Å². The Kier molecular flexibility index (Phi) is 4.50. The quantitative estimate of drug-likeness (QED) is 0.411. The average Bonchev–Trinajstić information content (AvgIpc) is 3.05. The highest BCUT2D eigenvalue weighted by Crippen LogP contribution is 2.36. The molecule has 2 aromatic rings. The molecule has 23 heavy (non-hydrogen) atoms. The summed E-state index contributed by atoms with van der Waals surface area (Å²) < 4.78 is 7.14. The summed E-state index contributed by atoms with van der Waals surface area (Å²) in [5.74, 6) is 0.784. The maximum absolute atomic E-state index is 10.3. The maximum Gasteiger partial charge on any atom is 0.172 e. The third-order valence-corrected chi connectivity index (χ3v) is 4.52. The summed E-state index contributed by atoms with van der Waals surface area (Å²) in [6.45, 7) is 3.25. The van der Waals surface area contributed by atoms with Crippen LogP contribution in [0.1, 0.15) is 6.23 Å². The fourth-order valence-electron chi connectivity index (χ4n) is 2.46. The van der Waals surface area contributed by atoms with Crippen LogP contribution in [-0.2, 0) is 4.74 Å². The van der Waals surface area contributed by atoms with E-state index in [-0.39, 0.29) is 5.82 Å². The van der Waals surface area contributed by atoms with Crippen LogP contribution in [0.2, 0.25) is 0 Å². The van der Waals surface area contributed by atoms with Gasteiger partial charge in [0.15, 0.2) is 28.4 Å². The summed E-state index contributed by atoms with van der Waals surface area (Å²) in [6, 6.07) is 0. The van der Waals surface area contributed by atoms with Gasteiger partial charge in [-0.2, -0.15) is 0 Å². The Morgan fingerprint density at radius 2 is 2.17 bits per heavy atom. The fourth-order valence-corrected chi connectivity index (χ4v) is 3.22. The number of aromatic nitrogens is 4. The molecule has 124 valence electrons. The van der Waals surface area contributed by atoms with E-state index >= 15 is 0 Å². The minimum Gasteiger partial charge on any atom is -0.394 e. The molecule has 10 heteroatoms. The lowest BCUT2D eigenvalue weighted by atomic mass is 10.1. The molecule has 1 saturated heterocycles. The summed E-state index contributed by atoms with van der Waals surface area (Å²) in [7, 11) is 0. The van der Waals surface area contributed by atoms with Crippen LogP contribution in [-0.4, -0.2) is 65.5 Å². The molecule has 9 nitrogen and oxygen atoms in total. The molecule has 0 bridgehead atoms. The normalized spacial score (nSPS) is 27.6. The van der Waals surface area contributed by atoms with E-state index < -0.39 is 31.1 Å². The number of nitrogens with zero attached hydrogens (tertiary/aromatic N) is 4. The number of imidazole rings is 1. The zero-order valence-electron chi connectivity index (χ0n) is 12.1. The van der Waals surface area contributed by atoms with Crippen LogP contribution in [0.4, 0.5) is 5.82 Å². The van der Waals surface area contributed by atoms with Gasteiger partial charge in [-0.25, -0.2) is 15.0 Å². The number of hydrogen-bond acceptors (Lipinski definition) is 9. The molecular weight excluding hydrogens is 322 g/mol. The monoisotopic (exact) mass is 339 g/mol. The number of anilines is 1. The van der Waals surface area contributed by atoms with Gasteiger partial charge in [0.05, 0.1) is 6.61 Å². The van der Waals surface area contributed by atoms with Gasteiger partial charge in [0, 0.05) is 5.75 Å². The Morgan fingerprint density at radius 1 is 1.39 bits per heavy atom. The first-order valence-corrected chi connectivity index (χ1v) is 7.91. The van der Waals surface area contributed by atoms with Gasteiger partial charge < -0.3 is 25.8 Å². The Balaban J connectivity index is 2.11. The molecular formula is C13H17N5O4S. The van der Waals surface area contributed by atoms with Gasteiger partial charge in [-0.3, -0.25) is 4.57 Å². The molecule has 2 aromatic heterocycles. The van der Waals surface area contributed by atoms with E-state index in [1.807, 2.05) is 0 Å². The molecule has 1 aliphatic rings. The molecule has 1 aliphatic heterocycles. The van der Waals surface area contributed by atoms with Crippen LogP contribution in [0.15, 0.2) is 24.1 Å². The summed E-state index contributed by atoms with van der Waals surface area (Å²) in [4.78, 5) is 12.5. The lowest BCUT2D eigenvalue weighted by Gasteiger charge is -2.18. The molecule has 3 rings (SSSR count). The van der Waals surface area contributed by atoms with Crippen molar-refractivity contribution in [3.63, 3.8) is 0 Å².